The second-order valence-corrected chi connectivity index (χ2v) is 5.10. The van der Waals surface area contributed by atoms with Crippen molar-refractivity contribution < 1.29 is 14.6 Å². The summed E-state index contributed by atoms with van der Waals surface area (Å²) in [6.07, 6.45) is 3.12. The summed E-state index contributed by atoms with van der Waals surface area (Å²) in [5, 5.41) is 10.1. The molecule has 0 radical (unpaired) electrons. The van der Waals surface area contributed by atoms with Crippen molar-refractivity contribution in [3.8, 4) is 17.2 Å². The van der Waals surface area contributed by atoms with E-state index in [4.69, 9.17) is 4.74 Å². The fraction of sp³-hybridized carbons (Fsp3) is 0.0526. The van der Waals surface area contributed by atoms with Crippen LogP contribution in [0.1, 0.15) is 6.92 Å². The summed E-state index contributed by atoms with van der Waals surface area (Å²) in [4.78, 5) is 17.7. The van der Waals surface area contributed by atoms with Crippen LogP contribution in [0.25, 0.3) is 0 Å². The summed E-state index contributed by atoms with van der Waals surface area (Å²) in [6, 6.07) is 17.6. The molecule has 0 fully saturated rings. The van der Waals surface area contributed by atoms with Crippen LogP contribution in [-0.4, -0.2) is 16.0 Å². The molecule has 5 heteroatoms. The molecule has 1 heterocycles. The van der Waals surface area contributed by atoms with E-state index in [9.17, 15) is 9.90 Å². The summed E-state index contributed by atoms with van der Waals surface area (Å²) in [5.74, 6) is 0.852. The molecule has 0 aliphatic carbocycles. The Bertz CT molecular complexity index is 850. The van der Waals surface area contributed by atoms with Crippen LogP contribution in [0.5, 0.6) is 17.2 Å². The Morgan fingerprint density at radius 2 is 1.71 bits per heavy atom. The molecule has 120 valence electrons. The standard InChI is InChI=1S/C19H16N2O3/c1-14(22)21(16-9-5-6-10-18(16)23)17-13-20-12-11-19(17)24-15-7-3-2-4-8-15/h2-13,23H,1H3. The second-order valence-electron chi connectivity index (χ2n) is 5.10. The molecule has 0 unspecified atom stereocenters. The van der Waals surface area contributed by atoms with Crippen LogP contribution in [0.3, 0.4) is 0 Å². The van der Waals surface area contributed by atoms with E-state index in [1.165, 1.54) is 24.1 Å². The molecule has 3 aromatic rings. The molecule has 1 amide bonds. The summed E-state index contributed by atoms with van der Waals surface area (Å²) in [7, 11) is 0. The van der Waals surface area contributed by atoms with Gasteiger partial charge >= 0.3 is 0 Å². The van der Waals surface area contributed by atoms with Gasteiger partial charge in [-0.3, -0.25) is 14.7 Å². The minimum atomic E-state index is -0.262. The van der Waals surface area contributed by atoms with Crippen LogP contribution in [-0.2, 0) is 4.79 Å². The number of phenols is 1. The fourth-order valence-electron chi connectivity index (χ4n) is 2.37. The van der Waals surface area contributed by atoms with E-state index >= 15 is 0 Å². The third-order valence-electron chi connectivity index (χ3n) is 3.41. The number of hydrogen-bond acceptors (Lipinski definition) is 4. The minimum absolute atomic E-state index is 0.00205. The Morgan fingerprint density at radius 3 is 2.42 bits per heavy atom. The zero-order valence-electron chi connectivity index (χ0n) is 13.1. The van der Waals surface area contributed by atoms with E-state index in [1.807, 2.05) is 30.3 Å². The van der Waals surface area contributed by atoms with Crippen LogP contribution < -0.4 is 9.64 Å². The number of ether oxygens (including phenoxy) is 1. The third-order valence-corrected chi connectivity index (χ3v) is 3.41. The monoisotopic (exact) mass is 320 g/mol. The van der Waals surface area contributed by atoms with Crippen molar-refractivity contribution >= 4 is 17.3 Å². The van der Waals surface area contributed by atoms with Crippen molar-refractivity contribution in [3.63, 3.8) is 0 Å². The van der Waals surface area contributed by atoms with Crippen LogP contribution in [0.15, 0.2) is 73.1 Å². The molecule has 24 heavy (non-hydrogen) atoms. The summed E-state index contributed by atoms with van der Waals surface area (Å²) < 4.78 is 5.89. The molecular weight excluding hydrogens is 304 g/mol. The molecule has 0 saturated carbocycles. The van der Waals surface area contributed by atoms with Crippen molar-refractivity contribution in [1.29, 1.82) is 0 Å². The molecule has 0 atom stereocenters. The van der Waals surface area contributed by atoms with E-state index in [1.54, 1.807) is 30.5 Å². The molecule has 1 aromatic heterocycles. The van der Waals surface area contributed by atoms with Gasteiger partial charge in [0.15, 0.2) is 5.75 Å². The zero-order valence-corrected chi connectivity index (χ0v) is 13.1. The number of benzene rings is 2. The number of hydrogen-bond donors (Lipinski definition) is 1. The SMILES string of the molecule is CC(=O)N(c1ccccc1O)c1cnccc1Oc1ccccc1. The summed E-state index contributed by atoms with van der Waals surface area (Å²) in [5.41, 5.74) is 0.825. The zero-order chi connectivity index (χ0) is 16.9. The number of carbonyl (C=O) groups is 1. The first-order valence-electron chi connectivity index (χ1n) is 7.42. The first-order valence-corrected chi connectivity index (χ1v) is 7.42. The molecule has 0 saturated heterocycles. The lowest BCUT2D eigenvalue weighted by Crippen LogP contribution is -2.23. The molecule has 3 rings (SSSR count). The lowest BCUT2D eigenvalue weighted by atomic mass is 10.2. The highest BCUT2D eigenvalue weighted by Crippen LogP contribution is 2.39. The molecular formula is C19H16N2O3. The van der Waals surface area contributed by atoms with Gasteiger partial charge in [0.25, 0.3) is 0 Å². The largest absolute Gasteiger partial charge is 0.506 e. The van der Waals surface area contributed by atoms with Crippen molar-refractivity contribution in [2.24, 2.45) is 0 Å². The average molecular weight is 320 g/mol. The quantitative estimate of drug-likeness (QED) is 0.780. The van der Waals surface area contributed by atoms with Gasteiger partial charge in [0.1, 0.15) is 17.2 Å². The number of phenolic OH excluding ortho intramolecular Hbond substituents is 1. The number of para-hydroxylation sites is 3. The van der Waals surface area contributed by atoms with Crippen molar-refractivity contribution in [2.75, 3.05) is 4.90 Å². The van der Waals surface area contributed by atoms with Gasteiger partial charge in [0.2, 0.25) is 5.91 Å². The van der Waals surface area contributed by atoms with Gasteiger partial charge in [-0.2, -0.15) is 0 Å². The predicted octanol–water partition coefficient (Wildman–Crippen LogP) is 4.26. The molecule has 1 N–H and O–H groups in total. The first-order chi connectivity index (χ1) is 11.7. The maximum atomic E-state index is 12.2. The van der Waals surface area contributed by atoms with E-state index < -0.39 is 0 Å². The summed E-state index contributed by atoms with van der Waals surface area (Å²) >= 11 is 0. The summed E-state index contributed by atoms with van der Waals surface area (Å²) in [6.45, 7) is 1.42. The number of anilines is 2. The highest BCUT2D eigenvalue weighted by atomic mass is 16.5. The lowest BCUT2D eigenvalue weighted by molar-refractivity contribution is -0.115. The van der Waals surface area contributed by atoms with Crippen LogP contribution >= 0.6 is 0 Å². The second kappa shape index (κ2) is 6.83. The molecule has 0 aliphatic heterocycles. The number of nitrogens with zero attached hydrogens (tertiary/aromatic N) is 2. The molecule has 0 bridgehead atoms. The highest BCUT2D eigenvalue weighted by molar-refractivity contribution is 6.01. The Morgan fingerprint density at radius 1 is 1.00 bits per heavy atom. The van der Waals surface area contributed by atoms with Gasteiger partial charge in [0, 0.05) is 19.2 Å². The van der Waals surface area contributed by atoms with E-state index in [0.29, 0.717) is 22.9 Å². The van der Waals surface area contributed by atoms with E-state index in [2.05, 4.69) is 4.98 Å². The number of pyridine rings is 1. The maximum absolute atomic E-state index is 12.2. The predicted molar refractivity (Wildman–Crippen MR) is 91.7 cm³/mol. The first kappa shape index (κ1) is 15.6. The van der Waals surface area contributed by atoms with E-state index in [-0.39, 0.29) is 11.7 Å². The Labute approximate surface area is 139 Å². The Hall–Kier alpha value is -3.34. The lowest BCUT2D eigenvalue weighted by Gasteiger charge is -2.24. The molecule has 0 spiro atoms. The average Bonchev–Trinajstić information content (AvgIpc) is 2.59. The Kier molecular flexibility index (Phi) is 4.43. The highest BCUT2D eigenvalue weighted by Gasteiger charge is 2.21. The van der Waals surface area contributed by atoms with Gasteiger partial charge in [-0.1, -0.05) is 30.3 Å². The van der Waals surface area contributed by atoms with Gasteiger partial charge in [-0.25, -0.2) is 0 Å². The minimum Gasteiger partial charge on any atom is -0.506 e. The smallest absolute Gasteiger partial charge is 0.228 e. The van der Waals surface area contributed by atoms with Crippen LogP contribution in [0.2, 0.25) is 0 Å². The van der Waals surface area contributed by atoms with Gasteiger partial charge in [-0.15, -0.1) is 0 Å². The fourth-order valence-corrected chi connectivity index (χ4v) is 2.37. The van der Waals surface area contributed by atoms with Crippen molar-refractivity contribution in [3.05, 3.63) is 73.1 Å². The number of carbonyl (C=O) groups excluding carboxylic acids is 1. The number of aromatic nitrogens is 1. The normalized spacial score (nSPS) is 10.2. The van der Waals surface area contributed by atoms with E-state index in [0.717, 1.165) is 0 Å². The van der Waals surface area contributed by atoms with Gasteiger partial charge in [-0.05, 0) is 24.3 Å². The molecule has 5 nitrogen and oxygen atoms in total. The van der Waals surface area contributed by atoms with Gasteiger partial charge < -0.3 is 9.84 Å². The van der Waals surface area contributed by atoms with Crippen molar-refractivity contribution in [2.45, 2.75) is 6.92 Å². The topological polar surface area (TPSA) is 62.7 Å². The van der Waals surface area contributed by atoms with Crippen LogP contribution in [0.4, 0.5) is 11.4 Å². The molecule has 2 aromatic carbocycles. The Balaban J connectivity index is 2.06. The molecule has 0 aliphatic rings. The third kappa shape index (κ3) is 3.20. The number of aromatic hydroxyl groups is 1. The number of rotatable bonds is 4. The maximum Gasteiger partial charge on any atom is 0.228 e. The number of amides is 1. The van der Waals surface area contributed by atoms with Crippen LogP contribution in [0, 0.1) is 0 Å². The van der Waals surface area contributed by atoms with Gasteiger partial charge in [0.05, 0.1) is 11.9 Å². The van der Waals surface area contributed by atoms with Crippen molar-refractivity contribution in [1.82, 2.24) is 4.98 Å².